The first-order valence-electron chi connectivity index (χ1n) is 8.25. The molecule has 2 aromatic heterocycles. The molecule has 0 amide bonds. The molecule has 0 bridgehead atoms. The van der Waals surface area contributed by atoms with E-state index < -0.39 is 30.0 Å². The minimum absolute atomic E-state index is 0.169. The van der Waals surface area contributed by atoms with E-state index in [1.807, 2.05) is 0 Å². The zero-order valence-corrected chi connectivity index (χ0v) is 15.0. The average molecular weight is 400 g/mol. The lowest BCUT2D eigenvalue weighted by Crippen LogP contribution is -2.27. The first-order chi connectivity index (χ1) is 13.2. The van der Waals surface area contributed by atoms with Crippen LogP contribution in [0.5, 0.6) is 0 Å². The lowest BCUT2D eigenvalue weighted by atomic mass is 10.0. The quantitative estimate of drug-likeness (QED) is 0.638. The molecule has 0 radical (unpaired) electrons. The fourth-order valence-electron chi connectivity index (χ4n) is 2.76. The zero-order valence-electron chi connectivity index (χ0n) is 15.0. The maximum Gasteiger partial charge on any atom is 0.416 e. The van der Waals surface area contributed by atoms with Crippen molar-refractivity contribution >= 4 is 11.5 Å². The second kappa shape index (κ2) is 7.66. The minimum atomic E-state index is -4.44. The molecule has 3 aromatic rings. The van der Waals surface area contributed by atoms with Gasteiger partial charge in [0.1, 0.15) is 5.82 Å². The average Bonchev–Trinajstić information content (AvgIpc) is 3.04. The van der Waals surface area contributed by atoms with Gasteiger partial charge >= 0.3 is 6.18 Å². The molecule has 0 aliphatic carbocycles. The van der Waals surface area contributed by atoms with Gasteiger partial charge in [-0.15, -0.1) is 15.3 Å². The van der Waals surface area contributed by atoms with Crippen molar-refractivity contribution in [2.45, 2.75) is 18.6 Å². The highest BCUT2D eigenvalue weighted by Gasteiger charge is 2.31. The number of halogens is 5. The van der Waals surface area contributed by atoms with Gasteiger partial charge in [-0.05, 0) is 43.9 Å². The van der Waals surface area contributed by atoms with Gasteiger partial charge in [-0.3, -0.25) is 0 Å². The van der Waals surface area contributed by atoms with Gasteiger partial charge in [0.05, 0.1) is 11.6 Å². The SMILES string of the molecule is CN(C)C(CNc1ccc2nnc(C(F)F)n2n1)c1cccc(C(F)(F)F)c1. The van der Waals surface area contributed by atoms with Gasteiger partial charge in [0, 0.05) is 6.54 Å². The Bertz CT molecular complexity index is 953. The van der Waals surface area contributed by atoms with Crippen molar-refractivity contribution in [1.29, 1.82) is 0 Å². The van der Waals surface area contributed by atoms with Gasteiger partial charge in [-0.2, -0.15) is 17.7 Å². The summed E-state index contributed by atoms with van der Waals surface area (Å²) in [5.41, 5.74) is -0.101. The van der Waals surface area contributed by atoms with E-state index in [0.29, 0.717) is 5.56 Å². The van der Waals surface area contributed by atoms with Crippen molar-refractivity contribution in [3.05, 3.63) is 53.3 Å². The molecule has 3 rings (SSSR count). The summed E-state index contributed by atoms with van der Waals surface area (Å²) in [6.07, 6.45) is -7.27. The maximum absolute atomic E-state index is 13.0. The van der Waals surface area contributed by atoms with E-state index in [1.165, 1.54) is 18.2 Å². The fraction of sp³-hybridized carbons (Fsp3) is 0.353. The number of nitrogens with zero attached hydrogens (tertiary/aromatic N) is 5. The van der Waals surface area contributed by atoms with Gasteiger partial charge in [0.15, 0.2) is 5.65 Å². The second-order valence-corrected chi connectivity index (χ2v) is 6.33. The van der Waals surface area contributed by atoms with E-state index in [1.54, 1.807) is 25.1 Å². The number of benzene rings is 1. The van der Waals surface area contributed by atoms with Crippen molar-refractivity contribution in [2.24, 2.45) is 0 Å². The molecule has 1 N–H and O–H groups in total. The molecule has 0 aliphatic rings. The predicted octanol–water partition coefficient (Wildman–Crippen LogP) is 3.80. The monoisotopic (exact) mass is 400 g/mol. The molecular formula is C17H17F5N6. The van der Waals surface area contributed by atoms with E-state index in [4.69, 9.17) is 0 Å². The number of fused-ring (bicyclic) bond motifs is 1. The van der Waals surface area contributed by atoms with Crippen LogP contribution in [-0.2, 0) is 6.18 Å². The van der Waals surface area contributed by atoms with Crippen LogP contribution >= 0.6 is 0 Å². The predicted molar refractivity (Wildman–Crippen MR) is 92.1 cm³/mol. The third-order valence-corrected chi connectivity index (χ3v) is 4.18. The fourth-order valence-corrected chi connectivity index (χ4v) is 2.76. The Hall–Kier alpha value is -2.82. The molecule has 0 spiro atoms. The van der Waals surface area contributed by atoms with Gasteiger partial charge in [0.2, 0.25) is 5.82 Å². The number of likely N-dealkylation sites (N-methyl/N-ethyl adjacent to an activating group) is 1. The first kappa shape index (κ1) is 19.9. The maximum atomic E-state index is 13.0. The van der Waals surface area contributed by atoms with Crippen LogP contribution in [-0.4, -0.2) is 45.4 Å². The second-order valence-electron chi connectivity index (χ2n) is 6.33. The van der Waals surface area contributed by atoms with Crippen LogP contribution in [0.1, 0.15) is 29.4 Å². The summed E-state index contributed by atoms with van der Waals surface area (Å²) >= 11 is 0. The highest BCUT2D eigenvalue weighted by molar-refractivity contribution is 5.44. The highest BCUT2D eigenvalue weighted by atomic mass is 19.4. The van der Waals surface area contributed by atoms with E-state index in [-0.39, 0.29) is 18.0 Å². The lowest BCUT2D eigenvalue weighted by Gasteiger charge is -2.26. The molecule has 0 saturated carbocycles. The van der Waals surface area contributed by atoms with Crippen molar-refractivity contribution in [1.82, 2.24) is 24.7 Å². The van der Waals surface area contributed by atoms with E-state index in [0.717, 1.165) is 16.6 Å². The molecule has 150 valence electrons. The molecule has 0 fully saturated rings. The Morgan fingerprint density at radius 1 is 1.11 bits per heavy atom. The first-order valence-corrected chi connectivity index (χ1v) is 8.25. The number of hydrogen-bond acceptors (Lipinski definition) is 5. The van der Waals surface area contributed by atoms with Gasteiger partial charge < -0.3 is 10.2 Å². The van der Waals surface area contributed by atoms with Gasteiger partial charge in [-0.25, -0.2) is 8.78 Å². The Kier molecular flexibility index (Phi) is 5.45. The smallest absolute Gasteiger partial charge is 0.367 e. The van der Waals surface area contributed by atoms with Crippen LogP contribution in [0.25, 0.3) is 5.65 Å². The van der Waals surface area contributed by atoms with Gasteiger partial charge in [0.25, 0.3) is 6.43 Å². The largest absolute Gasteiger partial charge is 0.416 e. The summed E-state index contributed by atoms with van der Waals surface area (Å²) in [5, 5.41) is 14.0. The summed E-state index contributed by atoms with van der Waals surface area (Å²) in [7, 11) is 3.47. The Balaban J connectivity index is 1.83. The topological polar surface area (TPSA) is 58.3 Å². The Morgan fingerprint density at radius 2 is 1.86 bits per heavy atom. The number of nitrogens with one attached hydrogen (secondary N) is 1. The van der Waals surface area contributed by atoms with Crippen molar-refractivity contribution in [3.8, 4) is 0 Å². The number of aromatic nitrogens is 4. The third-order valence-electron chi connectivity index (χ3n) is 4.18. The van der Waals surface area contributed by atoms with E-state index >= 15 is 0 Å². The summed E-state index contributed by atoms with van der Waals surface area (Å²) in [5.74, 6) is -0.311. The molecule has 28 heavy (non-hydrogen) atoms. The molecule has 1 atom stereocenters. The van der Waals surface area contributed by atoms with Gasteiger partial charge in [-0.1, -0.05) is 12.1 Å². The van der Waals surface area contributed by atoms with Crippen molar-refractivity contribution in [2.75, 3.05) is 26.0 Å². The number of hydrogen-bond donors (Lipinski definition) is 1. The molecule has 6 nitrogen and oxygen atoms in total. The summed E-state index contributed by atoms with van der Waals surface area (Å²) in [6, 6.07) is 7.67. The molecule has 1 aromatic carbocycles. The summed E-state index contributed by atoms with van der Waals surface area (Å²) in [6.45, 7) is 0.207. The van der Waals surface area contributed by atoms with E-state index in [9.17, 15) is 22.0 Å². The van der Waals surface area contributed by atoms with Crippen LogP contribution in [0.15, 0.2) is 36.4 Å². The zero-order chi connectivity index (χ0) is 20.5. The van der Waals surface area contributed by atoms with Crippen LogP contribution < -0.4 is 5.32 Å². The van der Waals surface area contributed by atoms with Crippen LogP contribution in [0.3, 0.4) is 0 Å². The van der Waals surface area contributed by atoms with Crippen LogP contribution in [0, 0.1) is 0 Å². The molecule has 0 aliphatic heterocycles. The number of alkyl halides is 5. The number of rotatable bonds is 6. The standard InChI is InChI=1S/C17H17F5N6/c1-27(2)12(10-4-3-5-11(8-10)17(20,21)22)9-23-13-6-7-14-24-25-16(15(18)19)28(14)26-13/h3-8,12,15H,9H2,1-2H3,(H,23,26). The summed E-state index contributed by atoms with van der Waals surface area (Å²) < 4.78 is 65.8. The van der Waals surface area contributed by atoms with Crippen LogP contribution in [0.4, 0.5) is 27.8 Å². The molecule has 11 heteroatoms. The molecule has 2 heterocycles. The van der Waals surface area contributed by atoms with Crippen molar-refractivity contribution < 1.29 is 22.0 Å². The summed E-state index contributed by atoms with van der Waals surface area (Å²) in [4.78, 5) is 1.75. The third kappa shape index (κ3) is 4.19. The minimum Gasteiger partial charge on any atom is -0.367 e. The van der Waals surface area contributed by atoms with Crippen molar-refractivity contribution in [3.63, 3.8) is 0 Å². The molecule has 1 unspecified atom stereocenters. The normalized spacial score (nSPS) is 13.5. The molecule has 0 saturated heterocycles. The Labute approximate surface area is 157 Å². The van der Waals surface area contributed by atoms with E-state index in [2.05, 4.69) is 20.6 Å². The molecular weight excluding hydrogens is 383 g/mol. The highest BCUT2D eigenvalue weighted by Crippen LogP contribution is 2.31. The van der Waals surface area contributed by atoms with Crippen LogP contribution in [0.2, 0.25) is 0 Å². The lowest BCUT2D eigenvalue weighted by molar-refractivity contribution is -0.137. The Morgan fingerprint density at radius 3 is 2.50 bits per heavy atom. The number of anilines is 1.